The van der Waals surface area contributed by atoms with Crippen LogP contribution in [0, 0.1) is 0 Å². The normalized spacial score (nSPS) is 9.82. The molecule has 0 aliphatic rings. The zero-order valence-corrected chi connectivity index (χ0v) is 10.3. The number of Topliss-reactive ketones (excluding diaryl/α,β-unsaturated/α-hetero) is 2. The van der Waals surface area contributed by atoms with Gasteiger partial charge in [0.25, 0.3) is 0 Å². The minimum Gasteiger partial charge on any atom is -0.463 e. The highest BCUT2D eigenvalue weighted by atomic mass is 35.5. The van der Waals surface area contributed by atoms with Gasteiger partial charge in [0.05, 0.1) is 23.6 Å². The molecule has 0 saturated heterocycles. The lowest BCUT2D eigenvalue weighted by molar-refractivity contribution is -0.151. The Morgan fingerprint density at radius 1 is 1.24 bits per heavy atom. The van der Waals surface area contributed by atoms with Crippen molar-refractivity contribution in [2.24, 2.45) is 0 Å². The number of carbonyl (C=O) groups is 3. The maximum absolute atomic E-state index is 11.7. The van der Waals surface area contributed by atoms with E-state index in [9.17, 15) is 14.4 Å². The second-order valence-electron chi connectivity index (χ2n) is 3.12. The summed E-state index contributed by atoms with van der Waals surface area (Å²) in [4.78, 5) is 33.7. The predicted octanol–water partition coefficient (Wildman–Crippen LogP) is 2.31. The highest BCUT2D eigenvalue weighted by molar-refractivity contribution is 6.45. The molecular formula is C11H8Cl2O4. The molecule has 0 amide bonds. The number of hydrogen-bond acceptors (Lipinski definition) is 4. The third-order valence-electron chi connectivity index (χ3n) is 1.99. The van der Waals surface area contributed by atoms with Gasteiger partial charge in [0.1, 0.15) is 0 Å². The Hall–Kier alpha value is -1.39. The molecule has 0 aliphatic carbocycles. The number of ketones is 2. The smallest absolute Gasteiger partial charge is 0.374 e. The molecule has 17 heavy (non-hydrogen) atoms. The number of benzene rings is 1. The first-order valence-electron chi connectivity index (χ1n) is 4.55. The summed E-state index contributed by atoms with van der Waals surface area (Å²) in [7, 11) is 1.07. The van der Waals surface area contributed by atoms with Gasteiger partial charge in [-0.2, -0.15) is 0 Å². The Kier molecular flexibility index (Phi) is 4.66. The first-order chi connectivity index (χ1) is 7.97. The van der Waals surface area contributed by atoms with Crippen molar-refractivity contribution >= 4 is 40.7 Å². The summed E-state index contributed by atoms with van der Waals surface area (Å²) in [5, 5.41) is 0.278. The summed E-state index contributed by atoms with van der Waals surface area (Å²) in [6.45, 7) is 0. The van der Waals surface area contributed by atoms with E-state index in [1.165, 1.54) is 18.2 Å². The van der Waals surface area contributed by atoms with Crippen LogP contribution in [0.1, 0.15) is 16.8 Å². The van der Waals surface area contributed by atoms with E-state index in [0.29, 0.717) is 0 Å². The summed E-state index contributed by atoms with van der Waals surface area (Å²) in [5.74, 6) is -2.56. The molecule has 4 nitrogen and oxygen atoms in total. The van der Waals surface area contributed by atoms with Crippen molar-refractivity contribution in [2.45, 2.75) is 6.42 Å². The Morgan fingerprint density at radius 3 is 2.47 bits per heavy atom. The number of halogens is 2. The third-order valence-corrected chi connectivity index (χ3v) is 2.81. The fourth-order valence-electron chi connectivity index (χ4n) is 1.15. The van der Waals surface area contributed by atoms with E-state index >= 15 is 0 Å². The first-order valence-corrected chi connectivity index (χ1v) is 5.31. The molecule has 0 aromatic heterocycles. The fourth-order valence-corrected chi connectivity index (χ4v) is 1.55. The van der Waals surface area contributed by atoms with Crippen molar-refractivity contribution in [1.29, 1.82) is 0 Å². The van der Waals surface area contributed by atoms with Gasteiger partial charge in [-0.1, -0.05) is 29.3 Å². The summed E-state index contributed by atoms with van der Waals surface area (Å²) in [6, 6.07) is 4.48. The summed E-state index contributed by atoms with van der Waals surface area (Å²) < 4.78 is 4.20. The van der Waals surface area contributed by atoms with Crippen LogP contribution in [0.5, 0.6) is 0 Å². The first kappa shape index (κ1) is 13.7. The molecular weight excluding hydrogens is 267 g/mol. The van der Waals surface area contributed by atoms with E-state index in [-0.39, 0.29) is 15.6 Å². The van der Waals surface area contributed by atoms with Gasteiger partial charge < -0.3 is 4.74 Å². The van der Waals surface area contributed by atoms with Crippen molar-refractivity contribution in [2.75, 3.05) is 7.11 Å². The van der Waals surface area contributed by atoms with Crippen molar-refractivity contribution in [3.63, 3.8) is 0 Å². The number of hydrogen-bond donors (Lipinski definition) is 0. The van der Waals surface area contributed by atoms with Gasteiger partial charge in [0.15, 0.2) is 5.78 Å². The Morgan fingerprint density at radius 2 is 1.88 bits per heavy atom. The Balaban J connectivity index is 2.88. The number of esters is 1. The lowest BCUT2D eigenvalue weighted by Crippen LogP contribution is -2.19. The molecule has 0 atom stereocenters. The van der Waals surface area contributed by atoms with E-state index in [1.54, 1.807) is 0 Å². The van der Waals surface area contributed by atoms with E-state index < -0.39 is 24.0 Å². The van der Waals surface area contributed by atoms with Gasteiger partial charge >= 0.3 is 5.97 Å². The number of carbonyl (C=O) groups excluding carboxylic acids is 3. The molecule has 1 aromatic rings. The van der Waals surface area contributed by atoms with Gasteiger partial charge in [-0.15, -0.1) is 0 Å². The summed E-state index contributed by atoms with van der Waals surface area (Å²) >= 11 is 11.5. The number of methoxy groups -OCH3 is 1. The lowest BCUT2D eigenvalue weighted by Gasteiger charge is -2.03. The monoisotopic (exact) mass is 274 g/mol. The molecule has 90 valence electrons. The second kappa shape index (κ2) is 5.80. The van der Waals surface area contributed by atoms with Crippen molar-refractivity contribution in [3.05, 3.63) is 33.8 Å². The number of rotatable bonds is 4. The lowest BCUT2D eigenvalue weighted by atomic mass is 10.1. The van der Waals surface area contributed by atoms with Crippen LogP contribution in [0.25, 0.3) is 0 Å². The highest BCUT2D eigenvalue weighted by Crippen LogP contribution is 2.26. The van der Waals surface area contributed by atoms with Crippen LogP contribution in [0.15, 0.2) is 18.2 Å². The summed E-state index contributed by atoms with van der Waals surface area (Å²) in [6.07, 6.45) is -0.591. The van der Waals surface area contributed by atoms with Gasteiger partial charge in [0.2, 0.25) is 5.78 Å². The molecule has 0 spiro atoms. The van der Waals surface area contributed by atoms with Crippen LogP contribution in [0.3, 0.4) is 0 Å². The van der Waals surface area contributed by atoms with Gasteiger partial charge in [-0.25, -0.2) is 4.79 Å². The van der Waals surface area contributed by atoms with Crippen LogP contribution in [0.4, 0.5) is 0 Å². The quantitative estimate of drug-likeness (QED) is 0.366. The molecule has 0 aliphatic heterocycles. The zero-order chi connectivity index (χ0) is 13.0. The van der Waals surface area contributed by atoms with Crippen LogP contribution in [-0.4, -0.2) is 24.6 Å². The molecule has 0 heterocycles. The van der Waals surface area contributed by atoms with E-state index in [2.05, 4.69) is 4.74 Å². The molecule has 0 bridgehead atoms. The molecule has 1 rings (SSSR count). The maximum Gasteiger partial charge on any atom is 0.374 e. The predicted molar refractivity (Wildman–Crippen MR) is 62.4 cm³/mol. The van der Waals surface area contributed by atoms with Crippen LogP contribution in [0.2, 0.25) is 10.0 Å². The molecule has 0 saturated carbocycles. The van der Waals surface area contributed by atoms with Crippen molar-refractivity contribution in [3.8, 4) is 0 Å². The van der Waals surface area contributed by atoms with E-state index in [1.807, 2.05) is 0 Å². The van der Waals surface area contributed by atoms with E-state index in [4.69, 9.17) is 23.2 Å². The minimum atomic E-state index is -1.06. The van der Waals surface area contributed by atoms with Crippen molar-refractivity contribution < 1.29 is 19.1 Å². The maximum atomic E-state index is 11.7. The largest absolute Gasteiger partial charge is 0.463 e. The Bertz CT molecular complexity index is 482. The van der Waals surface area contributed by atoms with Crippen molar-refractivity contribution in [1.82, 2.24) is 0 Å². The molecule has 0 fully saturated rings. The average molecular weight is 275 g/mol. The molecule has 6 heteroatoms. The number of ether oxygens (including phenoxy) is 1. The second-order valence-corrected chi connectivity index (χ2v) is 3.90. The van der Waals surface area contributed by atoms with Crippen LogP contribution >= 0.6 is 23.2 Å². The highest BCUT2D eigenvalue weighted by Gasteiger charge is 2.21. The van der Waals surface area contributed by atoms with Crippen LogP contribution in [-0.2, 0) is 14.3 Å². The SMILES string of the molecule is COC(=O)C(=O)CC(=O)c1cccc(Cl)c1Cl. The molecule has 0 radical (unpaired) electrons. The van der Waals surface area contributed by atoms with Gasteiger partial charge in [0, 0.05) is 5.56 Å². The summed E-state index contributed by atoms with van der Waals surface area (Å²) in [5.41, 5.74) is 0.108. The molecule has 0 unspecified atom stereocenters. The Labute approximate surface area is 107 Å². The van der Waals surface area contributed by atoms with E-state index in [0.717, 1.165) is 7.11 Å². The standard InChI is InChI=1S/C11H8Cl2O4/c1-17-11(16)9(15)5-8(14)6-3-2-4-7(12)10(6)13/h2-4H,5H2,1H3. The third kappa shape index (κ3) is 3.28. The average Bonchev–Trinajstić information content (AvgIpc) is 2.31. The molecule has 1 aromatic carbocycles. The molecule has 0 N–H and O–H groups in total. The fraction of sp³-hybridized carbons (Fsp3) is 0.182. The van der Waals surface area contributed by atoms with Crippen LogP contribution < -0.4 is 0 Å². The topological polar surface area (TPSA) is 60.4 Å². The zero-order valence-electron chi connectivity index (χ0n) is 8.83. The van der Waals surface area contributed by atoms with Gasteiger partial charge in [-0.3, -0.25) is 9.59 Å². The minimum absolute atomic E-state index is 0.0665. The van der Waals surface area contributed by atoms with Gasteiger partial charge in [-0.05, 0) is 12.1 Å².